The fourth-order valence-corrected chi connectivity index (χ4v) is 2.87. The summed E-state index contributed by atoms with van der Waals surface area (Å²) in [5.74, 6) is 0.692. The van der Waals surface area contributed by atoms with Gasteiger partial charge in [0.05, 0.1) is 17.5 Å². The minimum atomic E-state index is -0.674. The fraction of sp³-hybridized carbons (Fsp3) is 0.692. The van der Waals surface area contributed by atoms with Crippen molar-refractivity contribution in [1.29, 1.82) is 0 Å². The third kappa shape index (κ3) is 3.36. The van der Waals surface area contributed by atoms with Crippen LogP contribution < -0.4 is 10.9 Å². The molecular weight excluding hydrogens is 310 g/mol. The van der Waals surface area contributed by atoms with Gasteiger partial charge in [0.1, 0.15) is 4.47 Å². The molecule has 1 aliphatic rings. The van der Waals surface area contributed by atoms with E-state index in [0.717, 1.165) is 25.7 Å². The molecule has 1 saturated carbocycles. The maximum Gasteiger partial charge on any atom is 0.282 e. The first-order chi connectivity index (χ1) is 8.91. The highest BCUT2D eigenvalue weighted by molar-refractivity contribution is 9.10. The Hall–Kier alpha value is -0.880. The molecule has 0 radical (unpaired) electrons. The molecule has 0 spiro atoms. The zero-order chi connectivity index (χ0) is 14.0. The van der Waals surface area contributed by atoms with Crippen LogP contribution in [0.25, 0.3) is 0 Å². The van der Waals surface area contributed by atoms with Crippen LogP contribution in [0.4, 0.5) is 5.69 Å². The van der Waals surface area contributed by atoms with Gasteiger partial charge in [0, 0.05) is 13.6 Å². The Kier molecular flexibility index (Phi) is 4.30. The van der Waals surface area contributed by atoms with E-state index in [-0.39, 0.29) is 5.56 Å². The summed E-state index contributed by atoms with van der Waals surface area (Å²) in [6.45, 7) is 2.67. The molecule has 0 saturated heterocycles. The van der Waals surface area contributed by atoms with E-state index in [9.17, 15) is 9.90 Å². The number of halogens is 1. The van der Waals surface area contributed by atoms with Crippen LogP contribution >= 0.6 is 15.9 Å². The van der Waals surface area contributed by atoms with Crippen molar-refractivity contribution in [3.05, 3.63) is 21.0 Å². The topological polar surface area (TPSA) is 67.2 Å². The number of aryl methyl sites for hydroxylation is 1. The molecule has 0 atom stereocenters. The Morgan fingerprint density at radius 3 is 2.84 bits per heavy atom. The van der Waals surface area contributed by atoms with E-state index in [1.54, 1.807) is 13.2 Å². The van der Waals surface area contributed by atoms with Gasteiger partial charge in [-0.2, -0.15) is 5.10 Å². The number of hydrogen-bond donors (Lipinski definition) is 2. The molecule has 6 heteroatoms. The van der Waals surface area contributed by atoms with Crippen LogP contribution in [0.3, 0.4) is 0 Å². The molecule has 0 amide bonds. The smallest absolute Gasteiger partial charge is 0.282 e. The Labute approximate surface area is 121 Å². The van der Waals surface area contributed by atoms with E-state index < -0.39 is 5.60 Å². The van der Waals surface area contributed by atoms with Gasteiger partial charge in [0.25, 0.3) is 5.56 Å². The molecule has 5 nitrogen and oxygen atoms in total. The third-order valence-electron chi connectivity index (χ3n) is 3.89. The first kappa shape index (κ1) is 14.5. The summed E-state index contributed by atoms with van der Waals surface area (Å²) in [6, 6.07) is 0. The van der Waals surface area contributed by atoms with Crippen LogP contribution in [0.2, 0.25) is 0 Å². The summed E-state index contributed by atoms with van der Waals surface area (Å²) in [7, 11) is 1.60. The van der Waals surface area contributed by atoms with Crippen molar-refractivity contribution >= 4 is 21.6 Å². The standard InChI is InChI=1S/C13H20BrN3O2/c1-9-3-5-13(19,6-4-9)8-15-10-7-16-17(2)12(18)11(10)14/h7,9,15,19H,3-6,8H2,1-2H3. The van der Waals surface area contributed by atoms with E-state index in [1.807, 2.05) is 0 Å². The number of anilines is 1. The van der Waals surface area contributed by atoms with Crippen molar-refractivity contribution < 1.29 is 5.11 Å². The van der Waals surface area contributed by atoms with Crippen molar-refractivity contribution in [3.8, 4) is 0 Å². The predicted octanol–water partition coefficient (Wildman–Crippen LogP) is 1.90. The van der Waals surface area contributed by atoms with E-state index >= 15 is 0 Å². The lowest BCUT2D eigenvalue weighted by Gasteiger charge is -2.35. The number of aromatic nitrogens is 2. The number of nitrogens with one attached hydrogen (secondary N) is 1. The lowest BCUT2D eigenvalue weighted by atomic mass is 9.79. The van der Waals surface area contributed by atoms with E-state index in [4.69, 9.17) is 0 Å². The van der Waals surface area contributed by atoms with Crippen LogP contribution in [-0.4, -0.2) is 27.0 Å². The maximum absolute atomic E-state index is 11.7. The number of rotatable bonds is 3. The highest BCUT2D eigenvalue weighted by Gasteiger charge is 2.31. The quantitative estimate of drug-likeness (QED) is 0.888. The Morgan fingerprint density at radius 1 is 1.58 bits per heavy atom. The molecule has 19 heavy (non-hydrogen) atoms. The Morgan fingerprint density at radius 2 is 2.21 bits per heavy atom. The molecule has 0 aliphatic heterocycles. The first-order valence-corrected chi connectivity index (χ1v) is 7.39. The van der Waals surface area contributed by atoms with Crippen molar-refractivity contribution in [3.63, 3.8) is 0 Å². The third-order valence-corrected chi connectivity index (χ3v) is 4.66. The van der Waals surface area contributed by atoms with E-state index in [1.165, 1.54) is 4.68 Å². The zero-order valence-corrected chi connectivity index (χ0v) is 12.9. The van der Waals surface area contributed by atoms with Crippen LogP contribution in [0.15, 0.2) is 15.5 Å². The van der Waals surface area contributed by atoms with Crippen molar-refractivity contribution in [2.75, 3.05) is 11.9 Å². The highest BCUT2D eigenvalue weighted by Crippen LogP contribution is 2.32. The summed E-state index contributed by atoms with van der Waals surface area (Å²) in [6.07, 6.45) is 5.30. The van der Waals surface area contributed by atoms with E-state index in [0.29, 0.717) is 22.6 Å². The normalized spacial score (nSPS) is 27.3. The second-order valence-corrected chi connectivity index (χ2v) is 6.35. The molecular formula is C13H20BrN3O2. The molecule has 2 rings (SSSR count). The molecule has 0 bridgehead atoms. The number of nitrogens with zero attached hydrogens (tertiary/aromatic N) is 2. The van der Waals surface area contributed by atoms with Gasteiger partial charge < -0.3 is 10.4 Å². The molecule has 1 fully saturated rings. The molecule has 1 heterocycles. The zero-order valence-electron chi connectivity index (χ0n) is 11.3. The summed E-state index contributed by atoms with van der Waals surface area (Å²) in [5.41, 5.74) is -0.225. The van der Waals surface area contributed by atoms with Crippen molar-refractivity contribution in [2.45, 2.75) is 38.2 Å². The first-order valence-electron chi connectivity index (χ1n) is 6.59. The van der Waals surface area contributed by atoms with Gasteiger partial charge in [0.15, 0.2) is 0 Å². The minimum absolute atomic E-state index is 0.186. The van der Waals surface area contributed by atoms with Crippen LogP contribution in [0, 0.1) is 5.92 Å². The molecule has 0 unspecified atom stereocenters. The molecule has 1 aromatic rings. The SMILES string of the molecule is CC1CCC(O)(CNc2cnn(C)c(=O)c2Br)CC1. The van der Waals surface area contributed by atoms with Gasteiger partial charge in [-0.1, -0.05) is 6.92 Å². The van der Waals surface area contributed by atoms with Gasteiger partial charge >= 0.3 is 0 Å². The molecule has 2 N–H and O–H groups in total. The molecule has 1 aliphatic carbocycles. The monoisotopic (exact) mass is 329 g/mol. The summed E-state index contributed by atoms with van der Waals surface area (Å²) in [4.78, 5) is 11.7. The van der Waals surface area contributed by atoms with Crippen molar-refractivity contribution in [1.82, 2.24) is 9.78 Å². The second kappa shape index (κ2) is 5.63. The van der Waals surface area contributed by atoms with Crippen LogP contribution in [0.5, 0.6) is 0 Å². The summed E-state index contributed by atoms with van der Waals surface area (Å²) < 4.78 is 1.73. The summed E-state index contributed by atoms with van der Waals surface area (Å²) in [5, 5.41) is 17.6. The van der Waals surface area contributed by atoms with Gasteiger partial charge in [-0.15, -0.1) is 0 Å². The average Bonchev–Trinajstić information content (AvgIpc) is 2.39. The number of aliphatic hydroxyl groups is 1. The van der Waals surface area contributed by atoms with E-state index in [2.05, 4.69) is 33.3 Å². The molecule has 0 aromatic carbocycles. The van der Waals surface area contributed by atoms with Gasteiger partial charge in [-0.25, -0.2) is 4.68 Å². The number of hydrogen-bond acceptors (Lipinski definition) is 4. The second-order valence-electron chi connectivity index (χ2n) is 5.56. The Bertz CT molecular complexity index is 507. The van der Waals surface area contributed by atoms with Crippen LogP contribution in [0.1, 0.15) is 32.6 Å². The van der Waals surface area contributed by atoms with Crippen LogP contribution in [-0.2, 0) is 7.05 Å². The minimum Gasteiger partial charge on any atom is -0.388 e. The lowest BCUT2D eigenvalue weighted by molar-refractivity contribution is 0.00499. The van der Waals surface area contributed by atoms with Gasteiger partial charge in [-0.05, 0) is 47.5 Å². The summed E-state index contributed by atoms with van der Waals surface area (Å²) >= 11 is 3.27. The van der Waals surface area contributed by atoms with Gasteiger partial charge in [-0.3, -0.25) is 4.79 Å². The maximum atomic E-state index is 11.7. The average molecular weight is 330 g/mol. The molecule has 1 aromatic heterocycles. The van der Waals surface area contributed by atoms with Gasteiger partial charge in [0.2, 0.25) is 0 Å². The predicted molar refractivity (Wildman–Crippen MR) is 78.2 cm³/mol. The Balaban J connectivity index is 2.03. The lowest BCUT2D eigenvalue weighted by Crippen LogP contribution is -2.40. The van der Waals surface area contributed by atoms with Crippen molar-refractivity contribution in [2.24, 2.45) is 13.0 Å². The highest BCUT2D eigenvalue weighted by atomic mass is 79.9. The fourth-order valence-electron chi connectivity index (χ4n) is 2.37. The largest absolute Gasteiger partial charge is 0.388 e. The molecule has 106 valence electrons.